The summed E-state index contributed by atoms with van der Waals surface area (Å²) in [5, 5.41) is 3.08. The molecule has 7 heteroatoms. The van der Waals surface area contributed by atoms with E-state index in [1.165, 1.54) is 24.3 Å². The first-order valence-electron chi connectivity index (χ1n) is 6.26. The topological polar surface area (TPSA) is 59.1 Å². The molecule has 0 fully saturated rings. The van der Waals surface area contributed by atoms with Gasteiger partial charge in [0.2, 0.25) is 9.84 Å². The highest BCUT2D eigenvalue weighted by Gasteiger charge is 2.26. The van der Waals surface area contributed by atoms with Crippen LogP contribution in [0.15, 0.2) is 53.6 Å². The summed E-state index contributed by atoms with van der Waals surface area (Å²) in [5.41, 5.74) is 1.60. The zero-order chi connectivity index (χ0) is 15.3. The molecule has 0 atom stereocenters. The van der Waals surface area contributed by atoms with Crippen LogP contribution >= 0.6 is 0 Å². The van der Waals surface area contributed by atoms with Crippen LogP contribution in [0.2, 0.25) is 0 Å². The Morgan fingerprint density at radius 2 is 1.81 bits per heavy atom. The fourth-order valence-electron chi connectivity index (χ4n) is 1.75. The number of nitrogens with one attached hydrogen (secondary N) is 1. The Hall–Kier alpha value is -2.02. The minimum atomic E-state index is -4.53. The third-order valence-electron chi connectivity index (χ3n) is 2.85. The van der Waals surface area contributed by atoms with Crippen molar-refractivity contribution in [1.29, 1.82) is 0 Å². The zero-order valence-corrected chi connectivity index (χ0v) is 11.9. The number of pyridine rings is 1. The second-order valence-corrected chi connectivity index (χ2v) is 6.25. The summed E-state index contributed by atoms with van der Waals surface area (Å²) >= 11 is 0. The Kier molecular flexibility index (Phi) is 4.85. The Bertz CT molecular complexity index is 674. The number of anilines is 1. The fourth-order valence-corrected chi connectivity index (χ4v) is 2.47. The molecule has 0 spiro atoms. The van der Waals surface area contributed by atoms with Gasteiger partial charge in [0.05, 0.1) is 4.90 Å². The van der Waals surface area contributed by atoms with E-state index in [-0.39, 0.29) is 4.90 Å². The summed E-state index contributed by atoms with van der Waals surface area (Å²) in [7, 11) is -4.53. The molecule has 0 amide bonds. The average Bonchev–Trinajstić information content (AvgIpc) is 2.49. The van der Waals surface area contributed by atoms with Gasteiger partial charge < -0.3 is 5.32 Å². The molecule has 4 nitrogen and oxygen atoms in total. The van der Waals surface area contributed by atoms with Crippen LogP contribution in [-0.4, -0.2) is 25.7 Å². The normalized spacial score (nSPS) is 11.6. The SMILES string of the molecule is O=S(=O)(c1ccc(NCCc2ccccn2)cc1)C(F)F. The second-order valence-electron chi connectivity index (χ2n) is 4.33. The van der Waals surface area contributed by atoms with Crippen molar-refractivity contribution in [1.82, 2.24) is 4.98 Å². The minimum absolute atomic E-state index is 0.382. The highest BCUT2D eigenvalue weighted by Crippen LogP contribution is 2.20. The minimum Gasteiger partial charge on any atom is -0.385 e. The molecule has 112 valence electrons. The van der Waals surface area contributed by atoms with Crippen LogP contribution in [0.25, 0.3) is 0 Å². The molecule has 2 aromatic rings. The van der Waals surface area contributed by atoms with Crippen molar-refractivity contribution >= 4 is 15.5 Å². The first-order valence-corrected chi connectivity index (χ1v) is 7.80. The number of halogens is 2. The van der Waals surface area contributed by atoms with E-state index < -0.39 is 15.6 Å². The molecule has 0 saturated heterocycles. The van der Waals surface area contributed by atoms with E-state index in [1.807, 2.05) is 18.2 Å². The van der Waals surface area contributed by atoms with E-state index in [0.29, 0.717) is 18.7 Å². The third kappa shape index (κ3) is 3.98. The van der Waals surface area contributed by atoms with E-state index in [2.05, 4.69) is 10.3 Å². The maximum Gasteiger partial charge on any atom is 0.341 e. The van der Waals surface area contributed by atoms with Gasteiger partial charge in [0.1, 0.15) is 0 Å². The molecule has 0 aliphatic carbocycles. The summed E-state index contributed by atoms with van der Waals surface area (Å²) in [6.45, 7) is 0.609. The molecule has 0 saturated carbocycles. The number of hydrogen-bond acceptors (Lipinski definition) is 4. The molecule has 0 aliphatic rings. The van der Waals surface area contributed by atoms with Gasteiger partial charge in [-0.15, -0.1) is 0 Å². The number of benzene rings is 1. The molecule has 21 heavy (non-hydrogen) atoms. The van der Waals surface area contributed by atoms with Crippen molar-refractivity contribution in [3.63, 3.8) is 0 Å². The predicted octanol–water partition coefficient (Wildman–Crippen LogP) is 2.73. The van der Waals surface area contributed by atoms with Crippen molar-refractivity contribution in [2.75, 3.05) is 11.9 Å². The lowest BCUT2D eigenvalue weighted by atomic mass is 10.2. The molecular formula is C14H14F2N2O2S. The maximum atomic E-state index is 12.4. The highest BCUT2D eigenvalue weighted by atomic mass is 32.2. The standard InChI is InChI=1S/C14H14F2N2O2S/c15-14(16)21(19,20)13-6-4-12(5-7-13)18-10-8-11-3-1-2-9-17-11/h1-7,9,14,18H,8,10H2. The van der Waals surface area contributed by atoms with Crippen LogP contribution < -0.4 is 5.32 Å². The quantitative estimate of drug-likeness (QED) is 0.891. The zero-order valence-electron chi connectivity index (χ0n) is 11.0. The van der Waals surface area contributed by atoms with Gasteiger partial charge in [-0.05, 0) is 36.4 Å². The monoisotopic (exact) mass is 312 g/mol. The Morgan fingerprint density at radius 1 is 1.10 bits per heavy atom. The second kappa shape index (κ2) is 6.62. The van der Waals surface area contributed by atoms with Crippen molar-refractivity contribution in [2.24, 2.45) is 0 Å². The van der Waals surface area contributed by atoms with Gasteiger partial charge >= 0.3 is 5.76 Å². The van der Waals surface area contributed by atoms with Crippen LogP contribution in [0.1, 0.15) is 5.69 Å². The third-order valence-corrected chi connectivity index (χ3v) is 4.25. The van der Waals surface area contributed by atoms with Gasteiger partial charge in [-0.1, -0.05) is 6.07 Å². The van der Waals surface area contributed by atoms with Crippen LogP contribution in [0.3, 0.4) is 0 Å². The average molecular weight is 312 g/mol. The van der Waals surface area contributed by atoms with Crippen molar-refractivity contribution in [2.45, 2.75) is 17.1 Å². The largest absolute Gasteiger partial charge is 0.385 e. The lowest BCUT2D eigenvalue weighted by Gasteiger charge is -2.07. The lowest BCUT2D eigenvalue weighted by molar-refractivity contribution is 0.234. The van der Waals surface area contributed by atoms with Gasteiger partial charge in [-0.2, -0.15) is 8.78 Å². The summed E-state index contributed by atoms with van der Waals surface area (Å²) in [6, 6.07) is 10.9. The number of rotatable bonds is 6. The van der Waals surface area contributed by atoms with Gasteiger partial charge in [0, 0.05) is 30.5 Å². The Balaban J connectivity index is 1.94. The first kappa shape index (κ1) is 15.4. The number of nitrogens with zero attached hydrogens (tertiary/aromatic N) is 1. The number of alkyl halides is 2. The molecular weight excluding hydrogens is 298 g/mol. The van der Waals surface area contributed by atoms with Crippen molar-refractivity contribution in [3.8, 4) is 0 Å². The molecule has 1 heterocycles. The molecule has 0 aliphatic heterocycles. The van der Waals surface area contributed by atoms with Gasteiger partial charge in [-0.25, -0.2) is 8.42 Å². The fraction of sp³-hybridized carbons (Fsp3) is 0.214. The lowest BCUT2D eigenvalue weighted by Crippen LogP contribution is -2.11. The molecule has 1 aromatic carbocycles. The van der Waals surface area contributed by atoms with Crippen molar-refractivity contribution in [3.05, 3.63) is 54.4 Å². The smallest absolute Gasteiger partial charge is 0.341 e. The molecule has 2 rings (SSSR count). The van der Waals surface area contributed by atoms with Crippen LogP contribution in [0.5, 0.6) is 0 Å². The molecule has 0 unspecified atom stereocenters. The molecule has 0 bridgehead atoms. The summed E-state index contributed by atoms with van der Waals surface area (Å²) in [6.07, 6.45) is 2.41. The molecule has 1 N–H and O–H groups in total. The number of aromatic nitrogens is 1. The first-order chi connectivity index (χ1) is 10.00. The highest BCUT2D eigenvalue weighted by molar-refractivity contribution is 7.91. The van der Waals surface area contributed by atoms with Gasteiger partial charge in [-0.3, -0.25) is 4.98 Å². The van der Waals surface area contributed by atoms with Crippen molar-refractivity contribution < 1.29 is 17.2 Å². The Morgan fingerprint density at radius 3 is 2.38 bits per heavy atom. The number of sulfone groups is 1. The van der Waals surface area contributed by atoms with Crippen LogP contribution in [-0.2, 0) is 16.3 Å². The van der Waals surface area contributed by atoms with E-state index in [1.54, 1.807) is 6.20 Å². The summed E-state index contributed by atoms with van der Waals surface area (Å²) in [4.78, 5) is 3.79. The van der Waals surface area contributed by atoms with Gasteiger partial charge in [0.15, 0.2) is 0 Å². The summed E-state index contributed by atoms with van der Waals surface area (Å²) < 4.78 is 47.3. The van der Waals surface area contributed by atoms with Crippen LogP contribution in [0, 0.1) is 0 Å². The van der Waals surface area contributed by atoms with Gasteiger partial charge in [0.25, 0.3) is 0 Å². The molecule has 1 aromatic heterocycles. The van der Waals surface area contributed by atoms with E-state index in [0.717, 1.165) is 5.69 Å². The van der Waals surface area contributed by atoms with E-state index >= 15 is 0 Å². The Labute approximate surface area is 121 Å². The predicted molar refractivity (Wildman–Crippen MR) is 76.1 cm³/mol. The number of hydrogen-bond donors (Lipinski definition) is 1. The van der Waals surface area contributed by atoms with E-state index in [4.69, 9.17) is 0 Å². The van der Waals surface area contributed by atoms with E-state index in [9.17, 15) is 17.2 Å². The molecule has 0 radical (unpaired) electrons. The summed E-state index contributed by atoms with van der Waals surface area (Å²) in [5.74, 6) is -3.40. The van der Waals surface area contributed by atoms with Crippen LogP contribution in [0.4, 0.5) is 14.5 Å². The maximum absolute atomic E-state index is 12.4.